The minimum Gasteiger partial charge on any atom is -0.367 e. The zero-order valence-electron chi connectivity index (χ0n) is 21.3. The molecule has 0 aliphatic heterocycles. The summed E-state index contributed by atoms with van der Waals surface area (Å²) < 4.78 is 0. The van der Waals surface area contributed by atoms with Crippen molar-refractivity contribution in [3.8, 4) is 0 Å². The first-order chi connectivity index (χ1) is 17.3. The van der Waals surface area contributed by atoms with Gasteiger partial charge in [-0.15, -0.1) is 0 Å². The van der Waals surface area contributed by atoms with Crippen LogP contribution in [0, 0.1) is 12.8 Å². The highest BCUT2D eigenvalue weighted by atomic mass is 35.5. The van der Waals surface area contributed by atoms with Gasteiger partial charge >= 0.3 is 0 Å². The minimum absolute atomic E-state index is 0.123. The van der Waals surface area contributed by atoms with Crippen molar-refractivity contribution >= 4 is 29.1 Å². The molecule has 3 aromatic carbocycles. The number of rotatable bonds is 7. The van der Waals surface area contributed by atoms with E-state index in [0.29, 0.717) is 27.8 Å². The molecule has 1 unspecified atom stereocenters. The van der Waals surface area contributed by atoms with Crippen LogP contribution in [0.3, 0.4) is 0 Å². The number of benzene rings is 3. The lowest BCUT2D eigenvalue weighted by Crippen LogP contribution is -2.62. The maximum Gasteiger partial charge on any atom is 0.259 e. The van der Waals surface area contributed by atoms with Crippen LogP contribution >= 0.6 is 11.6 Å². The van der Waals surface area contributed by atoms with Crippen molar-refractivity contribution < 1.29 is 9.59 Å². The molecule has 36 heavy (non-hydrogen) atoms. The van der Waals surface area contributed by atoms with Crippen molar-refractivity contribution in [1.29, 1.82) is 0 Å². The Labute approximate surface area is 219 Å². The van der Waals surface area contributed by atoms with Crippen LogP contribution in [-0.2, 0) is 10.3 Å². The second-order valence-electron chi connectivity index (χ2n) is 10.2. The van der Waals surface area contributed by atoms with Gasteiger partial charge in [0.2, 0.25) is 5.91 Å². The second kappa shape index (κ2) is 10.9. The molecule has 1 aliphatic rings. The van der Waals surface area contributed by atoms with Crippen LogP contribution in [-0.4, -0.2) is 11.8 Å². The van der Waals surface area contributed by atoms with Gasteiger partial charge in [0.05, 0.1) is 0 Å². The van der Waals surface area contributed by atoms with E-state index in [4.69, 9.17) is 17.3 Å². The fraction of sp³-hybridized carbons (Fsp3) is 0.355. The van der Waals surface area contributed by atoms with Crippen LogP contribution in [0.4, 0.5) is 5.69 Å². The predicted molar refractivity (Wildman–Crippen MR) is 147 cm³/mol. The first kappa shape index (κ1) is 26.0. The summed E-state index contributed by atoms with van der Waals surface area (Å²) in [6.45, 7) is 6.19. The minimum atomic E-state index is -1.36. The third kappa shape index (κ3) is 4.79. The Kier molecular flexibility index (Phi) is 7.85. The van der Waals surface area contributed by atoms with Crippen molar-refractivity contribution in [3.63, 3.8) is 0 Å². The van der Waals surface area contributed by atoms with Crippen LogP contribution in [0.1, 0.15) is 78.9 Å². The summed E-state index contributed by atoms with van der Waals surface area (Å²) in [5, 5.41) is 0.568. The SMILES string of the molecule is Cc1ccccc1C(=O)N(c1ccc(C(C)C)cc1)C(C(N)=O)(c1ccc(Cl)cc1)C1CCCCC1. The number of primary amides is 1. The van der Waals surface area contributed by atoms with Crippen molar-refractivity contribution in [2.24, 2.45) is 11.7 Å². The van der Waals surface area contributed by atoms with Crippen LogP contribution in [0.15, 0.2) is 72.8 Å². The molecule has 1 atom stereocenters. The molecule has 4 rings (SSSR count). The third-order valence-corrected chi connectivity index (χ3v) is 7.86. The van der Waals surface area contributed by atoms with Gasteiger partial charge in [-0.2, -0.15) is 0 Å². The van der Waals surface area contributed by atoms with E-state index < -0.39 is 11.4 Å². The molecule has 1 saturated carbocycles. The highest BCUT2D eigenvalue weighted by Gasteiger charge is 2.53. The molecule has 0 spiro atoms. The van der Waals surface area contributed by atoms with E-state index in [0.717, 1.165) is 43.2 Å². The molecular weight excluding hydrogens is 468 g/mol. The highest BCUT2D eigenvalue weighted by molar-refractivity contribution is 6.30. The number of carbonyl (C=O) groups excluding carboxylic acids is 2. The second-order valence-corrected chi connectivity index (χ2v) is 10.6. The highest BCUT2D eigenvalue weighted by Crippen LogP contribution is 2.47. The van der Waals surface area contributed by atoms with Gasteiger partial charge < -0.3 is 5.73 Å². The quantitative estimate of drug-likeness (QED) is 0.366. The fourth-order valence-electron chi connectivity index (χ4n) is 5.65. The summed E-state index contributed by atoms with van der Waals surface area (Å²) in [7, 11) is 0. The first-order valence-corrected chi connectivity index (χ1v) is 13.2. The van der Waals surface area contributed by atoms with Crippen LogP contribution in [0.5, 0.6) is 0 Å². The van der Waals surface area contributed by atoms with Gasteiger partial charge in [-0.1, -0.05) is 87.2 Å². The molecule has 1 aliphatic carbocycles. The summed E-state index contributed by atoms with van der Waals surface area (Å²) in [6.07, 6.45) is 4.72. The van der Waals surface area contributed by atoms with E-state index in [-0.39, 0.29) is 11.8 Å². The summed E-state index contributed by atoms with van der Waals surface area (Å²) >= 11 is 6.25. The van der Waals surface area contributed by atoms with Crippen LogP contribution < -0.4 is 10.6 Å². The molecule has 2 N–H and O–H groups in total. The molecule has 0 heterocycles. The molecule has 1 fully saturated rings. The van der Waals surface area contributed by atoms with E-state index in [1.807, 2.05) is 67.6 Å². The number of nitrogens with zero attached hydrogens (tertiary/aromatic N) is 1. The lowest BCUT2D eigenvalue weighted by Gasteiger charge is -2.48. The van der Waals surface area contributed by atoms with E-state index in [1.165, 1.54) is 0 Å². The Hall–Kier alpha value is -3.11. The summed E-state index contributed by atoms with van der Waals surface area (Å²) in [5.74, 6) is -0.533. The van der Waals surface area contributed by atoms with Gasteiger partial charge in [0.1, 0.15) is 0 Å². The number of nitrogens with two attached hydrogens (primary N) is 1. The van der Waals surface area contributed by atoms with E-state index in [1.54, 1.807) is 17.0 Å². The van der Waals surface area contributed by atoms with Gasteiger partial charge in [0.15, 0.2) is 5.54 Å². The zero-order chi connectivity index (χ0) is 25.9. The van der Waals surface area contributed by atoms with Crippen molar-refractivity contribution in [2.45, 2.75) is 64.3 Å². The van der Waals surface area contributed by atoms with Gasteiger partial charge in [0.25, 0.3) is 5.91 Å². The van der Waals surface area contributed by atoms with Crippen molar-refractivity contribution in [2.75, 3.05) is 4.90 Å². The predicted octanol–water partition coefficient (Wildman–Crippen LogP) is 7.38. The van der Waals surface area contributed by atoms with E-state index in [9.17, 15) is 9.59 Å². The third-order valence-electron chi connectivity index (χ3n) is 7.61. The molecule has 5 heteroatoms. The number of halogens is 1. The maximum absolute atomic E-state index is 14.5. The number of aryl methyl sites for hydroxylation is 1. The standard InChI is InChI=1S/C31H35ClN2O2/c1-21(2)23-13-19-27(20-14-23)34(29(35)28-12-8-7-9-22(28)3)31(30(33)36,24-10-5-4-6-11-24)25-15-17-26(32)18-16-25/h7-9,12-21,24H,4-6,10-11H2,1-3H3,(H2,33,36). The van der Waals surface area contributed by atoms with Gasteiger partial charge in [-0.3, -0.25) is 14.5 Å². The van der Waals surface area contributed by atoms with Crippen molar-refractivity contribution in [3.05, 3.63) is 100 Å². The molecule has 4 nitrogen and oxygen atoms in total. The van der Waals surface area contributed by atoms with Crippen molar-refractivity contribution in [1.82, 2.24) is 0 Å². The Morgan fingerprint density at radius 2 is 1.53 bits per heavy atom. The van der Waals surface area contributed by atoms with Gasteiger partial charge in [-0.05, 0) is 78.6 Å². The number of carbonyl (C=O) groups is 2. The maximum atomic E-state index is 14.5. The molecule has 188 valence electrons. The largest absolute Gasteiger partial charge is 0.367 e. The molecular formula is C31H35ClN2O2. The van der Waals surface area contributed by atoms with Crippen LogP contribution in [0.2, 0.25) is 5.02 Å². The van der Waals surface area contributed by atoms with Crippen LogP contribution in [0.25, 0.3) is 0 Å². The summed E-state index contributed by atoms with van der Waals surface area (Å²) in [4.78, 5) is 30.0. The van der Waals surface area contributed by atoms with Gasteiger partial charge in [-0.25, -0.2) is 0 Å². The Balaban J connectivity index is 2.02. The molecule has 2 amide bonds. The molecule has 0 radical (unpaired) electrons. The smallest absolute Gasteiger partial charge is 0.259 e. The Bertz CT molecular complexity index is 1210. The average molecular weight is 503 g/mol. The Morgan fingerprint density at radius 3 is 2.08 bits per heavy atom. The molecule has 0 bridgehead atoms. The lowest BCUT2D eigenvalue weighted by molar-refractivity contribution is -0.126. The summed E-state index contributed by atoms with van der Waals surface area (Å²) in [5.41, 5.74) is 8.94. The lowest BCUT2D eigenvalue weighted by atomic mass is 9.68. The molecule has 0 aromatic heterocycles. The summed E-state index contributed by atoms with van der Waals surface area (Å²) in [6, 6.07) is 22.7. The Morgan fingerprint density at radius 1 is 0.917 bits per heavy atom. The number of hydrogen-bond acceptors (Lipinski definition) is 2. The monoisotopic (exact) mass is 502 g/mol. The molecule has 0 saturated heterocycles. The fourth-order valence-corrected chi connectivity index (χ4v) is 5.77. The van der Waals surface area contributed by atoms with Gasteiger partial charge in [0, 0.05) is 16.3 Å². The van der Waals surface area contributed by atoms with E-state index in [2.05, 4.69) is 13.8 Å². The number of amides is 2. The average Bonchev–Trinajstić information content (AvgIpc) is 2.88. The topological polar surface area (TPSA) is 63.4 Å². The normalized spacial score (nSPS) is 15.9. The first-order valence-electron chi connectivity index (χ1n) is 12.8. The molecule has 3 aromatic rings. The van der Waals surface area contributed by atoms with E-state index >= 15 is 0 Å². The number of hydrogen-bond donors (Lipinski definition) is 1. The number of anilines is 1. The zero-order valence-corrected chi connectivity index (χ0v) is 22.1.